The number of nitrogens with zero attached hydrogens (tertiary/aromatic N) is 3. The fraction of sp³-hybridized carbons (Fsp3) is 0.474. The van der Waals surface area contributed by atoms with Crippen LogP contribution in [0.25, 0.3) is 11.3 Å². The van der Waals surface area contributed by atoms with Crippen molar-refractivity contribution in [2.75, 3.05) is 32.8 Å². The van der Waals surface area contributed by atoms with Crippen molar-refractivity contribution in [1.82, 2.24) is 20.0 Å². The van der Waals surface area contributed by atoms with Gasteiger partial charge in [0.25, 0.3) is 0 Å². The molecule has 0 bridgehead atoms. The van der Waals surface area contributed by atoms with E-state index < -0.39 is 0 Å². The number of aromatic amines is 1. The molecule has 1 aromatic carbocycles. The molecule has 1 fully saturated rings. The summed E-state index contributed by atoms with van der Waals surface area (Å²) in [7, 11) is 0. The third-order valence-electron chi connectivity index (χ3n) is 4.81. The molecule has 0 radical (unpaired) electrons. The van der Waals surface area contributed by atoms with Gasteiger partial charge in [0.2, 0.25) is 0 Å². The summed E-state index contributed by atoms with van der Waals surface area (Å²) in [5.74, 6) is 0. The third kappa shape index (κ3) is 4.02. The van der Waals surface area contributed by atoms with Crippen LogP contribution in [-0.4, -0.2) is 58.9 Å². The number of aryl methyl sites for hydroxylation is 2. The average Bonchev–Trinajstić information content (AvgIpc) is 3.06. The molecule has 6 heteroatoms. The van der Waals surface area contributed by atoms with Crippen LogP contribution in [0.4, 0.5) is 4.79 Å². The first kappa shape index (κ1) is 17.5. The van der Waals surface area contributed by atoms with Crippen LogP contribution >= 0.6 is 0 Å². The van der Waals surface area contributed by atoms with Crippen LogP contribution in [0.5, 0.6) is 0 Å². The number of benzene rings is 1. The van der Waals surface area contributed by atoms with Gasteiger partial charge in [0, 0.05) is 43.9 Å². The second kappa shape index (κ2) is 7.70. The quantitative estimate of drug-likeness (QED) is 0.928. The molecule has 0 unspecified atom stereocenters. The molecule has 1 N–H and O–H groups in total. The Kier molecular flexibility index (Phi) is 5.38. The van der Waals surface area contributed by atoms with E-state index in [4.69, 9.17) is 4.74 Å². The topological polar surface area (TPSA) is 61.5 Å². The molecule has 0 aliphatic carbocycles. The first-order valence-electron chi connectivity index (χ1n) is 8.82. The van der Waals surface area contributed by atoms with Crippen molar-refractivity contribution in [2.24, 2.45) is 0 Å². The highest BCUT2D eigenvalue weighted by Gasteiger charge is 2.23. The van der Waals surface area contributed by atoms with Crippen molar-refractivity contribution in [2.45, 2.75) is 27.3 Å². The second-order valence-corrected chi connectivity index (χ2v) is 6.53. The Morgan fingerprint density at radius 2 is 1.96 bits per heavy atom. The van der Waals surface area contributed by atoms with Crippen LogP contribution in [0.2, 0.25) is 0 Å². The molecule has 0 spiro atoms. The zero-order valence-electron chi connectivity index (χ0n) is 15.2. The molecular formula is C19H26N4O2. The van der Waals surface area contributed by atoms with Crippen molar-refractivity contribution in [3.63, 3.8) is 0 Å². The molecule has 1 amide bonds. The molecule has 1 aromatic heterocycles. The molecule has 25 heavy (non-hydrogen) atoms. The Hall–Kier alpha value is -2.34. The largest absolute Gasteiger partial charge is 0.450 e. The fourth-order valence-electron chi connectivity index (χ4n) is 3.12. The minimum atomic E-state index is -0.207. The number of amides is 1. The molecule has 0 saturated carbocycles. The molecule has 1 saturated heterocycles. The lowest BCUT2D eigenvalue weighted by atomic mass is 10.0. The van der Waals surface area contributed by atoms with Crippen molar-refractivity contribution in [3.8, 4) is 11.3 Å². The van der Waals surface area contributed by atoms with Crippen LogP contribution in [-0.2, 0) is 11.3 Å². The van der Waals surface area contributed by atoms with E-state index in [-0.39, 0.29) is 6.09 Å². The maximum atomic E-state index is 11.8. The van der Waals surface area contributed by atoms with E-state index in [1.807, 2.05) is 13.1 Å². The lowest BCUT2D eigenvalue weighted by Gasteiger charge is -2.33. The van der Waals surface area contributed by atoms with Gasteiger partial charge in [-0.2, -0.15) is 5.10 Å². The number of aromatic nitrogens is 2. The fourth-order valence-corrected chi connectivity index (χ4v) is 3.12. The predicted octanol–water partition coefficient (Wildman–Crippen LogP) is 2.97. The highest BCUT2D eigenvalue weighted by atomic mass is 16.6. The Morgan fingerprint density at radius 3 is 2.64 bits per heavy atom. The first-order valence-corrected chi connectivity index (χ1v) is 8.82. The number of H-pyrrole nitrogens is 1. The van der Waals surface area contributed by atoms with Crippen LogP contribution in [0, 0.1) is 13.8 Å². The molecule has 6 nitrogen and oxygen atoms in total. The highest BCUT2D eigenvalue weighted by molar-refractivity contribution is 5.67. The lowest BCUT2D eigenvalue weighted by molar-refractivity contribution is 0.0779. The highest BCUT2D eigenvalue weighted by Crippen LogP contribution is 2.24. The zero-order chi connectivity index (χ0) is 17.8. The molecule has 1 aliphatic rings. The van der Waals surface area contributed by atoms with Gasteiger partial charge in [0.15, 0.2) is 0 Å². The average molecular weight is 342 g/mol. The van der Waals surface area contributed by atoms with Crippen molar-refractivity contribution in [3.05, 3.63) is 41.1 Å². The summed E-state index contributed by atoms with van der Waals surface area (Å²) >= 11 is 0. The van der Waals surface area contributed by atoms with Gasteiger partial charge in [-0.1, -0.05) is 12.1 Å². The normalized spacial score (nSPS) is 15.4. The second-order valence-electron chi connectivity index (χ2n) is 6.53. The maximum Gasteiger partial charge on any atom is 0.409 e. The summed E-state index contributed by atoms with van der Waals surface area (Å²) < 4.78 is 5.07. The van der Waals surface area contributed by atoms with Gasteiger partial charge < -0.3 is 9.64 Å². The third-order valence-corrected chi connectivity index (χ3v) is 4.81. The van der Waals surface area contributed by atoms with Crippen LogP contribution in [0.15, 0.2) is 24.4 Å². The van der Waals surface area contributed by atoms with Crippen molar-refractivity contribution < 1.29 is 9.53 Å². The Bertz CT molecular complexity index is 733. The Morgan fingerprint density at radius 1 is 1.20 bits per heavy atom. The van der Waals surface area contributed by atoms with Gasteiger partial charge in [-0.05, 0) is 38.0 Å². The number of nitrogens with one attached hydrogen (secondary N) is 1. The number of ether oxygens (including phenoxy) is 1. The van der Waals surface area contributed by atoms with E-state index in [2.05, 4.69) is 47.1 Å². The minimum Gasteiger partial charge on any atom is -0.450 e. The van der Waals surface area contributed by atoms with E-state index in [0.717, 1.165) is 25.3 Å². The molecule has 0 atom stereocenters. The maximum absolute atomic E-state index is 11.8. The minimum absolute atomic E-state index is 0.207. The van der Waals surface area contributed by atoms with Gasteiger partial charge in [0.05, 0.1) is 18.5 Å². The zero-order valence-corrected chi connectivity index (χ0v) is 15.2. The number of rotatable bonds is 4. The standard InChI is InChI=1S/C19H26N4O2/c1-4-25-19(24)23-9-7-22(8-10-23)13-17-12-20-21-18(17)16-6-5-14(2)15(3)11-16/h5-6,11-12H,4,7-10,13H2,1-3H3,(H,20,21). The number of piperazine rings is 1. The molecular weight excluding hydrogens is 316 g/mol. The van der Waals surface area contributed by atoms with Crippen molar-refractivity contribution in [1.29, 1.82) is 0 Å². The summed E-state index contributed by atoms with van der Waals surface area (Å²) in [6.45, 7) is 10.4. The predicted molar refractivity (Wildman–Crippen MR) is 97.4 cm³/mol. The van der Waals surface area contributed by atoms with E-state index in [0.29, 0.717) is 19.7 Å². The first-order chi connectivity index (χ1) is 12.1. The number of hydrogen-bond acceptors (Lipinski definition) is 4. The van der Waals surface area contributed by atoms with E-state index >= 15 is 0 Å². The Labute approximate surface area is 148 Å². The Balaban J connectivity index is 1.64. The van der Waals surface area contributed by atoms with Gasteiger partial charge in [-0.3, -0.25) is 10.00 Å². The summed E-state index contributed by atoms with van der Waals surface area (Å²) in [5.41, 5.74) is 6.01. The summed E-state index contributed by atoms with van der Waals surface area (Å²) in [6, 6.07) is 6.48. The number of carbonyl (C=O) groups excluding carboxylic acids is 1. The van der Waals surface area contributed by atoms with Crippen LogP contribution in [0.1, 0.15) is 23.6 Å². The summed E-state index contributed by atoms with van der Waals surface area (Å²) in [5, 5.41) is 7.39. The molecule has 134 valence electrons. The molecule has 3 rings (SSSR count). The molecule has 1 aliphatic heterocycles. The van der Waals surface area contributed by atoms with E-state index in [1.165, 1.54) is 22.3 Å². The SMILES string of the molecule is CCOC(=O)N1CCN(Cc2cn[nH]c2-c2ccc(C)c(C)c2)CC1. The van der Waals surface area contributed by atoms with Crippen LogP contribution < -0.4 is 0 Å². The van der Waals surface area contributed by atoms with Gasteiger partial charge in [0.1, 0.15) is 0 Å². The molecule has 2 heterocycles. The van der Waals surface area contributed by atoms with E-state index in [9.17, 15) is 4.79 Å². The monoisotopic (exact) mass is 342 g/mol. The molecule has 2 aromatic rings. The summed E-state index contributed by atoms with van der Waals surface area (Å²) in [4.78, 5) is 15.9. The van der Waals surface area contributed by atoms with Gasteiger partial charge in [-0.15, -0.1) is 0 Å². The summed E-state index contributed by atoms with van der Waals surface area (Å²) in [6.07, 6.45) is 1.70. The van der Waals surface area contributed by atoms with Gasteiger partial charge in [-0.25, -0.2) is 4.79 Å². The van der Waals surface area contributed by atoms with Crippen molar-refractivity contribution >= 4 is 6.09 Å². The number of carbonyl (C=O) groups is 1. The number of hydrogen-bond donors (Lipinski definition) is 1. The lowest BCUT2D eigenvalue weighted by Crippen LogP contribution is -2.48. The van der Waals surface area contributed by atoms with Crippen LogP contribution in [0.3, 0.4) is 0 Å². The van der Waals surface area contributed by atoms with E-state index in [1.54, 1.807) is 4.90 Å². The van der Waals surface area contributed by atoms with Gasteiger partial charge >= 0.3 is 6.09 Å². The smallest absolute Gasteiger partial charge is 0.409 e.